The Morgan fingerprint density at radius 3 is 2.26 bits per heavy atom. The minimum absolute atomic E-state index is 0.00368. The molecule has 0 aliphatic heterocycles. The number of fused-ring (bicyclic) bond motifs is 1. The number of carbonyl (C=O) groups is 1. The number of nitrogens with one attached hydrogen (secondary N) is 1. The quantitative estimate of drug-likeness (QED) is 0.514. The Hall–Kier alpha value is -3.02. The first kappa shape index (κ1) is 22.7. The van der Waals surface area contributed by atoms with Crippen molar-refractivity contribution in [2.24, 2.45) is 0 Å². The van der Waals surface area contributed by atoms with Crippen molar-refractivity contribution in [2.45, 2.75) is 12.4 Å². The SMILES string of the molecule is COc1cccc2sc(N(C)CC(=O)Nc3cc(C(F)(F)F)cc(C(F)(F)F)c3)nc12. The van der Waals surface area contributed by atoms with Crippen molar-refractivity contribution >= 4 is 38.3 Å². The maximum atomic E-state index is 13.0. The van der Waals surface area contributed by atoms with Crippen LogP contribution in [0.2, 0.25) is 0 Å². The molecule has 0 saturated heterocycles. The summed E-state index contributed by atoms with van der Waals surface area (Å²) in [5.41, 5.74) is -3.05. The van der Waals surface area contributed by atoms with Crippen LogP contribution in [0.25, 0.3) is 10.2 Å². The zero-order chi connectivity index (χ0) is 23.0. The number of aromatic nitrogens is 1. The zero-order valence-corrected chi connectivity index (χ0v) is 16.9. The van der Waals surface area contributed by atoms with Gasteiger partial charge in [-0.1, -0.05) is 17.4 Å². The first-order valence-electron chi connectivity index (χ1n) is 8.62. The Labute approximate surface area is 176 Å². The molecular formula is C19H15F6N3O2S. The van der Waals surface area contributed by atoms with Crippen LogP contribution in [0.5, 0.6) is 5.75 Å². The lowest BCUT2D eigenvalue weighted by atomic mass is 10.1. The van der Waals surface area contributed by atoms with Crippen molar-refractivity contribution in [2.75, 3.05) is 30.9 Å². The molecule has 0 radical (unpaired) electrons. The summed E-state index contributed by atoms with van der Waals surface area (Å²) in [6.07, 6.45) is -10.0. The second-order valence-corrected chi connectivity index (χ2v) is 7.51. The van der Waals surface area contributed by atoms with Gasteiger partial charge in [0.15, 0.2) is 5.13 Å². The largest absolute Gasteiger partial charge is 0.494 e. The van der Waals surface area contributed by atoms with Crippen LogP contribution in [0.15, 0.2) is 36.4 Å². The van der Waals surface area contributed by atoms with Crippen LogP contribution in [0.3, 0.4) is 0 Å². The summed E-state index contributed by atoms with van der Waals surface area (Å²) in [6.45, 7) is -0.347. The maximum absolute atomic E-state index is 13.0. The van der Waals surface area contributed by atoms with E-state index in [1.165, 1.54) is 30.4 Å². The number of amides is 1. The van der Waals surface area contributed by atoms with Gasteiger partial charge in [0.2, 0.25) is 5.91 Å². The minimum Gasteiger partial charge on any atom is -0.494 e. The van der Waals surface area contributed by atoms with Crippen LogP contribution in [-0.4, -0.2) is 31.6 Å². The number of hydrogen-bond acceptors (Lipinski definition) is 5. The summed E-state index contributed by atoms with van der Waals surface area (Å²) in [7, 11) is 3.01. The number of nitrogens with zero attached hydrogens (tertiary/aromatic N) is 2. The fourth-order valence-corrected chi connectivity index (χ4v) is 3.69. The summed E-state index contributed by atoms with van der Waals surface area (Å²) in [4.78, 5) is 18.1. The number of carbonyl (C=O) groups excluding carboxylic acids is 1. The molecule has 5 nitrogen and oxygen atoms in total. The van der Waals surface area contributed by atoms with Crippen molar-refractivity contribution in [1.82, 2.24) is 4.98 Å². The number of rotatable bonds is 5. The molecule has 3 rings (SSSR count). The Morgan fingerprint density at radius 1 is 1.10 bits per heavy atom. The summed E-state index contributed by atoms with van der Waals surface area (Å²) in [5.74, 6) is -0.275. The maximum Gasteiger partial charge on any atom is 0.416 e. The highest BCUT2D eigenvalue weighted by Gasteiger charge is 2.37. The van der Waals surface area contributed by atoms with Crippen molar-refractivity contribution < 1.29 is 35.9 Å². The molecule has 3 aromatic rings. The average molecular weight is 463 g/mol. The molecule has 0 saturated carbocycles. The molecule has 166 valence electrons. The summed E-state index contributed by atoms with van der Waals surface area (Å²) in [6, 6.07) is 6.18. The number of anilines is 2. The first-order chi connectivity index (χ1) is 14.4. The van der Waals surface area contributed by atoms with Gasteiger partial charge in [-0.05, 0) is 30.3 Å². The van der Waals surface area contributed by atoms with Gasteiger partial charge in [0.25, 0.3) is 0 Å². The molecule has 0 aliphatic rings. The third-order valence-corrected chi connectivity index (χ3v) is 5.30. The number of hydrogen-bond donors (Lipinski definition) is 1. The normalized spacial score (nSPS) is 12.1. The van der Waals surface area contributed by atoms with E-state index in [0.717, 1.165) is 4.70 Å². The van der Waals surface area contributed by atoms with Crippen LogP contribution >= 0.6 is 11.3 Å². The van der Waals surface area contributed by atoms with Gasteiger partial charge in [-0.15, -0.1) is 0 Å². The molecule has 1 heterocycles. The van der Waals surface area contributed by atoms with E-state index in [-0.39, 0.29) is 12.6 Å². The van der Waals surface area contributed by atoms with Gasteiger partial charge in [-0.25, -0.2) is 4.98 Å². The molecule has 31 heavy (non-hydrogen) atoms. The van der Waals surface area contributed by atoms with Crippen molar-refractivity contribution in [3.63, 3.8) is 0 Å². The van der Waals surface area contributed by atoms with E-state index in [1.807, 2.05) is 0 Å². The Bertz CT molecular complexity index is 1080. The van der Waals surface area contributed by atoms with E-state index in [2.05, 4.69) is 10.3 Å². The van der Waals surface area contributed by atoms with Crippen LogP contribution in [0.4, 0.5) is 37.2 Å². The van der Waals surface area contributed by atoms with Gasteiger partial charge in [0.1, 0.15) is 11.3 Å². The van der Waals surface area contributed by atoms with Crippen LogP contribution in [0.1, 0.15) is 11.1 Å². The average Bonchev–Trinajstić information content (AvgIpc) is 3.10. The topological polar surface area (TPSA) is 54.5 Å². The number of ether oxygens (including phenoxy) is 1. The van der Waals surface area contributed by atoms with E-state index in [1.54, 1.807) is 18.2 Å². The molecule has 0 bridgehead atoms. The molecule has 0 fully saturated rings. The Kier molecular flexibility index (Phi) is 6.03. The third-order valence-electron chi connectivity index (χ3n) is 4.17. The van der Waals surface area contributed by atoms with Gasteiger partial charge in [0.05, 0.1) is 29.5 Å². The third kappa shape index (κ3) is 5.19. The van der Waals surface area contributed by atoms with Crippen molar-refractivity contribution in [1.29, 1.82) is 0 Å². The number of halogens is 6. The van der Waals surface area contributed by atoms with Gasteiger partial charge in [-0.3, -0.25) is 4.79 Å². The lowest BCUT2D eigenvalue weighted by molar-refractivity contribution is -0.143. The highest BCUT2D eigenvalue weighted by molar-refractivity contribution is 7.22. The molecule has 0 spiro atoms. The lowest BCUT2D eigenvalue weighted by Crippen LogP contribution is -2.30. The predicted octanol–water partition coefficient (Wildman–Crippen LogP) is 5.42. The number of thiazole rings is 1. The zero-order valence-electron chi connectivity index (χ0n) is 16.1. The fourth-order valence-electron chi connectivity index (χ4n) is 2.75. The molecule has 0 unspecified atom stereocenters. The lowest BCUT2D eigenvalue weighted by Gasteiger charge is -2.17. The van der Waals surface area contributed by atoms with E-state index >= 15 is 0 Å². The molecule has 0 aliphatic carbocycles. The van der Waals surface area contributed by atoms with E-state index in [4.69, 9.17) is 4.74 Å². The van der Waals surface area contributed by atoms with Crippen LogP contribution < -0.4 is 15.0 Å². The van der Waals surface area contributed by atoms with Crippen molar-refractivity contribution in [3.8, 4) is 5.75 Å². The molecule has 1 aromatic heterocycles. The van der Waals surface area contributed by atoms with Gasteiger partial charge >= 0.3 is 12.4 Å². The van der Waals surface area contributed by atoms with E-state index < -0.39 is 35.1 Å². The second kappa shape index (κ2) is 8.25. The minimum atomic E-state index is -5.00. The fraction of sp³-hybridized carbons (Fsp3) is 0.263. The van der Waals surface area contributed by atoms with E-state index in [0.29, 0.717) is 28.5 Å². The standard InChI is InChI=1S/C19H15F6N3O2S/c1-28(17-27-16-13(30-2)4-3-5-14(16)31-17)9-15(29)26-12-7-10(18(20,21)22)6-11(8-12)19(23,24)25/h3-8H,9H2,1-2H3,(H,26,29). The Balaban J connectivity index is 1.80. The predicted molar refractivity (Wildman–Crippen MR) is 105 cm³/mol. The van der Waals surface area contributed by atoms with Gasteiger partial charge in [0, 0.05) is 12.7 Å². The number of methoxy groups -OCH3 is 1. The molecular weight excluding hydrogens is 448 g/mol. The molecule has 1 amide bonds. The van der Waals surface area contributed by atoms with Gasteiger partial charge in [-0.2, -0.15) is 26.3 Å². The highest BCUT2D eigenvalue weighted by Crippen LogP contribution is 2.38. The van der Waals surface area contributed by atoms with Crippen LogP contribution in [0, 0.1) is 0 Å². The molecule has 12 heteroatoms. The first-order valence-corrected chi connectivity index (χ1v) is 9.44. The smallest absolute Gasteiger partial charge is 0.416 e. The summed E-state index contributed by atoms with van der Waals surface area (Å²) < 4.78 is 83.8. The molecule has 0 atom stereocenters. The summed E-state index contributed by atoms with van der Waals surface area (Å²) >= 11 is 1.25. The van der Waals surface area contributed by atoms with E-state index in [9.17, 15) is 31.1 Å². The highest BCUT2D eigenvalue weighted by atomic mass is 32.1. The number of alkyl halides is 6. The monoisotopic (exact) mass is 463 g/mol. The summed E-state index contributed by atoms with van der Waals surface area (Å²) in [5, 5.41) is 2.52. The van der Waals surface area contributed by atoms with Gasteiger partial charge < -0.3 is 15.0 Å². The number of para-hydroxylation sites is 1. The molecule has 2 aromatic carbocycles. The van der Waals surface area contributed by atoms with Crippen molar-refractivity contribution in [3.05, 3.63) is 47.5 Å². The Morgan fingerprint density at radius 2 is 1.71 bits per heavy atom. The van der Waals surface area contributed by atoms with Crippen LogP contribution in [-0.2, 0) is 17.1 Å². The second-order valence-electron chi connectivity index (χ2n) is 6.50. The molecule has 1 N–H and O–H groups in total. The number of likely N-dealkylation sites (N-methyl/N-ethyl adjacent to an activating group) is 1. The number of benzene rings is 2.